The van der Waals surface area contributed by atoms with Gasteiger partial charge in [0.25, 0.3) is 5.91 Å². The second kappa shape index (κ2) is 6.40. The van der Waals surface area contributed by atoms with Gasteiger partial charge in [0, 0.05) is 6.04 Å². The van der Waals surface area contributed by atoms with Crippen LogP contribution in [0.15, 0.2) is 24.3 Å². The minimum atomic E-state index is -1.14. The van der Waals surface area contributed by atoms with Crippen molar-refractivity contribution in [3.63, 3.8) is 0 Å². The Labute approximate surface area is 136 Å². The molecule has 6 nitrogen and oxygen atoms in total. The number of amides is 4. The smallest absolute Gasteiger partial charge is 0.325 e. The molecule has 6 heteroatoms. The lowest BCUT2D eigenvalue weighted by Crippen LogP contribution is -2.44. The van der Waals surface area contributed by atoms with Crippen molar-refractivity contribution in [3.05, 3.63) is 35.4 Å². The summed E-state index contributed by atoms with van der Waals surface area (Å²) in [7, 11) is 0. The van der Waals surface area contributed by atoms with Crippen LogP contribution in [0.1, 0.15) is 38.3 Å². The highest BCUT2D eigenvalue weighted by Crippen LogP contribution is 2.28. The zero-order valence-electron chi connectivity index (χ0n) is 14.0. The van der Waals surface area contributed by atoms with E-state index in [1.165, 1.54) is 0 Å². The van der Waals surface area contributed by atoms with Gasteiger partial charge in [-0.3, -0.25) is 14.5 Å². The van der Waals surface area contributed by atoms with E-state index in [2.05, 4.69) is 10.6 Å². The Kier molecular flexibility index (Phi) is 4.73. The van der Waals surface area contributed by atoms with Crippen molar-refractivity contribution >= 4 is 17.8 Å². The van der Waals surface area contributed by atoms with E-state index in [4.69, 9.17) is 0 Å². The van der Waals surface area contributed by atoms with Crippen molar-refractivity contribution in [2.24, 2.45) is 0 Å². The van der Waals surface area contributed by atoms with Gasteiger partial charge < -0.3 is 10.6 Å². The van der Waals surface area contributed by atoms with Gasteiger partial charge in [0.15, 0.2) is 0 Å². The first-order chi connectivity index (χ1) is 10.8. The lowest BCUT2D eigenvalue weighted by molar-refractivity contribution is -0.135. The van der Waals surface area contributed by atoms with E-state index in [-0.39, 0.29) is 18.5 Å². The molecule has 0 aliphatic carbocycles. The number of nitrogens with zero attached hydrogens (tertiary/aromatic N) is 1. The predicted octanol–water partition coefficient (Wildman–Crippen LogP) is 1.68. The molecule has 1 aliphatic heterocycles. The first-order valence-corrected chi connectivity index (χ1v) is 7.78. The number of urea groups is 1. The molecule has 0 radical (unpaired) electrons. The summed E-state index contributed by atoms with van der Waals surface area (Å²) in [5, 5.41) is 5.46. The van der Waals surface area contributed by atoms with E-state index in [9.17, 15) is 14.4 Å². The molecule has 2 N–H and O–H groups in total. The van der Waals surface area contributed by atoms with Crippen LogP contribution in [0.2, 0.25) is 0 Å². The Morgan fingerprint density at radius 3 is 2.48 bits per heavy atom. The lowest BCUT2D eigenvalue weighted by atomic mass is 9.91. The number of hydrogen-bond donors (Lipinski definition) is 2. The van der Waals surface area contributed by atoms with Crippen molar-refractivity contribution in [1.82, 2.24) is 15.5 Å². The topological polar surface area (TPSA) is 78.5 Å². The molecule has 1 aliphatic rings. The maximum atomic E-state index is 12.7. The van der Waals surface area contributed by atoms with E-state index in [0.29, 0.717) is 5.56 Å². The van der Waals surface area contributed by atoms with Crippen molar-refractivity contribution in [2.75, 3.05) is 6.54 Å². The Morgan fingerprint density at radius 1 is 1.30 bits per heavy atom. The fourth-order valence-corrected chi connectivity index (χ4v) is 2.49. The summed E-state index contributed by atoms with van der Waals surface area (Å²) in [6.45, 7) is 7.17. The van der Waals surface area contributed by atoms with Gasteiger partial charge in [-0.15, -0.1) is 0 Å². The third-order valence-electron chi connectivity index (χ3n) is 4.23. The number of imide groups is 1. The molecule has 0 unspecified atom stereocenters. The summed E-state index contributed by atoms with van der Waals surface area (Å²) >= 11 is 0. The molecule has 1 heterocycles. The number of nitrogens with one attached hydrogen (secondary N) is 2. The fourth-order valence-electron chi connectivity index (χ4n) is 2.49. The summed E-state index contributed by atoms with van der Waals surface area (Å²) in [5.41, 5.74) is 0.631. The van der Waals surface area contributed by atoms with Crippen LogP contribution in [0.4, 0.5) is 4.79 Å². The third-order valence-corrected chi connectivity index (χ3v) is 4.23. The van der Waals surface area contributed by atoms with Crippen LogP contribution < -0.4 is 10.6 Å². The molecule has 0 bridgehead atoms. The second-order valence-electron chi connectivity index (χ2n) is 6.19. The van der Waals surface area contributed by atoms with Crippen molar-refractivity contribution in [3.8, 4) is 0 Å². The number of carbonyl (C=O) groups excluding carboxylic acids is 3. The van der Waals surface area contributed by atoms with Crippen LogP contribution >= 0.6 is 0 Å². The molecule has 0 spiro atoms. The molecule has 0 saturated carbocycles. The normalized spacial score (nSPS) is 22.0. The monoisotopic (exact) mass is 317 g/mol. The first-order valence-electron chi connectivity index (χ1n) is 7.78. The van der Waals surface area contributed by atoms with Crippen molar-refractivity contribution < 1.29 is 14.4 Å². The van der Waals surface area contributed by atoms with Crippen LogP contribution in [0.3, 0.4) is 0 Å². The van der Waals surface area contributed by atoms with Gasteiger partial charge >= 0.3 is 6.03 Å². The molecule has 1 fully saturated rings. The van der Waals surface area contributed by atoms with Crippen LogP contribution in [-0.2, 0) is 15.1 Å². The number of carbonyl (C=O) groups is 3. The Balaban J connectivity index is 2.16. The predicted molar refractivity (Wildman–Crippen MR) is 86.7 cm³/mol. The van der Waals surface area contributed by atoms with Gasteiger partial charge in [-0.1, -0.05) is 36.8 Å². The zero-order valence-corrected chi connectivity index (χ0v) is 14.0. The zero-order chi connectivity index (χ0) is 17.2. The fraction of sp³-hybridized carbons (Fsp3) is 0.471. The van der Waals surface area contributed by atoms with Crippen molar-refractivity contribution in [2.45, 2.75) is 45.7 Å². The van der Waals surface area contributed by atoms with Crippen LogP contribution in [0.25, 0.3) is 0 Å². The highest BCUT2D eigenvalue weighted by molar-refractivity contribution is 6.09. The summed E-state index contributed by atoms with van der Waals surface area (Å²) in [4.78, 5) is 37.8. The number of rotatable bonds is 5. The minimum absolute atomic E-state index is 0.00625. The second-order valence-corrected chi connectivity index (χ2v) is 6.19. The quantitative estimate of drug-likeness (QED) is 0.811. The van der Waals surface area contributed by atoms with E-state index >= 15 is 0 Å². The van der Waals surface area contributed by atoms with E-state index < -0.39 is 17.5 Å². The summed E-state index contributed by atoms with van der Waals surface area (Å²) in [6.07, 6.45) is 0.785. The van der Waals surface area contributed by atoms with Gasteiger partial charge in [0.1, 0.15) is 12.1 Å². The number of aryl methyl sites for hydroxylation is 1. The number of hydrogen-bond acceptors (Lipinski definition) is 3. The van der Waals surface area contributed by atoms with Gasteiger partial charge in [-0.05, 0) is 32.8 Å². The van der Waals surface area contributed by atoms with Gasteiger partial charge in [-0.25, -0.2) is 4.79 Å². The molecule has 0 aromatic heterocycles. The lowest BCUT2D eigenvalue weighted by Gasteiger charge is -2.22. The summed E-state index contributed by atoms with van der Waals surface area (Å²) < 4.78 is 0. The first kappa shape index (κ1) is 17.0. The Morgan fingerprint density at radius 2 is 1.91 bits per heavy atom. The molecular weight excluding hydrogens is 294 g/mol. The minimum Gasteiger partial charge on any atom is -0.352 e. The molecule has 124 valence electrons. The van der Waals surface area contributed by atoms with Crippen LogP contribution in [0, 0.1) is 6.92 Å². The highest BCUT2D eigenvalue weighted by atomic mass is 16.2. The molecule has 1 aromatic rings. The maximum Gasteiger partial charge on any atom is 0.325 e. The van der Waals surface area contributed by atoms with E-state index in [1.807, 2.05) is 45.0 Å². The summed E-state index contributed by atoms with van der Waals surface area (Å²) in [6, 6.07) is 6.87. The van der Waals surface area contributed by atoms with E-state index in [0.717, 1.165) is 16.9 Å². The highest BCUT2D eigenvalue weighted by Gasteiger charge is 2.49. The van der Waals surface area contributed by atoms with Gasteiger partial charge in [0.05, 0.1) is 0 Å². The number of benzene rings is 1. The van der Waals surface area contributed by atoms with Gasteiger partial charge in [0.2, 0.25) is 5.91 Å². The molecule has 1 aromatic carbocycles. The maximum absolute atomic E-state index is 12.7. The average Bonchev–Trinajstić information content (AvgIpc) is 2.72. The third kappa shape index (κ3) is 3.36. The molecule has 1 saturated heterocycles. The summed E-state index contributed by atoms with van der Waals surface area (Å²) in [5.74, 6) is -0.748. The van der Waals surface area contributed by atoms with Crippen LogP contribution in [0.5, 0.6) is 0 Å². The molecular formula is C17H23N3O3. The standard InChI is InChI=1S/C17H23N3O3/c1-5-12(3)18-14(21)10-20-15(22)17(4,19-16(20)23)13-8-6-11(2)7-9-13/h6-9,12H,5,10H2,1-4H3,(H,18,21)(H,19,23)/t12-,17-/m1/s1. The molecule has 2 atom stereocenters. The Bertz CT molecular complexity index is 626. The Hall–Kier alpha value is -2.37. The average molecular weight is 317 g/mol. The van der Waals surface area contributed by atoms with Crippen molar-refractivity contribution in [1.29, 1.82) is 0 Å². The molecule has 4 amide bonds. The molecule has 2 rings (SSSR count). The van der Waals surface area contributed by atoms with Crippen LogP contribution in [-0.4, -0.2) is 35.3 Å². The molecule has 23 heavy (non-hydrogen) atoms. The largest absolute Gasteiger partial charge is 0.352 e. The van der Waals surface area contributed by atoms with Gasteiger partial charge in [-0.2, -0.15) is 0 Å². The SMILES string of the molecule is CC[C@@H](C)NC(=O)CN1C(=O)N[C@](C)(c2ccc(C)cc2)C1=O. The van der Waals surface area contributed by atoms with E-state index in [1.54, 1.807) is 6.92 Å².